The minimum absolute atomic E-state index is 0.0783. The van der Waals surface area contributed by atoms with Crippen LogP contribution in [0, 0.1) is 6.92 Å². The summed E-state index contributed by atoms with van der Waals surface area (Å²) in [6, 6.07) is 14.4. The zero-order valence-electron chi connectivity index (χ0n) is 14.5. The molecule has 2 aromatic carbocycles. The normalized spacial score (nSPS) is 17.9. The Bertz CT molecular complexity index is 928. The molecule has 1 fully saturated rings. The lowest BCUT2D eigenvalue weighted by Crippen LogP contribution is -2.32. The SMILES string of the molecule is Cc1ccccc1N1C(=O)C[C@@H](SC(N)=NN=Cc2ccc(Cl)cc2)C1=O. The molecule has 1 aliphatic rings. The van der Waals surface area contributed by atoms with Gasteiger partial charge in [0.2, 0.25) is 11.8 Å². The summed E-state index contributed by atoms with van der Waals surface area (Å²) < 4.78 is 0. The van der Waals surface area contributed by atoms with Crippen molar-refractivity contribution in [3.63, 3.8) is 0 Å². The number of hydrogen-bond donors (Lipinski definition) is 1. The number of halogens is 1. The summed E-state index contributed by atoms with van der Waals surface area (Å²) in [7, 11) is 0. The number of imide groups is 1. The second-order valence-corrected chi connectivity index (χ2v) is 7.56. The number of nitrogens with zero attached hydrogens (tertiary/aromatic N) is 3. The van der Waals surface area contributed by atoms with Crippen molar-refractivity contribution >= 4 is 52.2 Å². The molecule has 2 N–H and O–H groups in total. The van der Waals surface area contributed by atoms with Gasteiger partial charge in [-0.2, -0.15) is 5.10 Å². The van der Waals surface area contributed by atoms with Crippen molar-refractivity contribution in [1.82, 2.24) is 0 Å². The third kappa shape index (κ3) is 4.56. The molecule has 1 heterocycles. The molecule has 0 aliphatic carbocycles. The quantitative estimate of drug-likeness (QED) is 0.369. The van der Waals surface area contributed by atoms with Crippen LogP contribution >= 0.6 is 23.4 Å². The molecule has 0 saturated carbocycles. The fourth-order valence-electron chi connectivity index (χ4n) is 2.63. The first-order valence-electron chi connectivity index (χ1n) is 8.17. The fourth-order valence-corrected chi connectivity index (χ4v) is 3.58. The Morgan fingerprint density at radius 3 is 2.63 bits per heavy atom. The number of hydrogen-bond acceptors (Lipinski definition) is 5. The molecule has 2 amide bonds. The van der Waals surface area contributed by atoms with E-state index in [0.717, 1.165) is 22.9 Å². The first-order chi connectivity index (χ1) is 13.0. The molecular weight excluding hydrogens is 384 g/mol. The lowest BCUT2D eigenvalue weighted by Gasteiger charge is -2.16. The molecule has 0 unspecified atom stereocenters. The van der Waals surface area contributed by atoms with E-state index in [2.05, 4.69) is 10.2 Å². The zero-order valence-corrected chi connectivity index (χ0v) is 16.1. The van der Waals surface area contributed by atoms with Gasteiger partial charge in [-0.15, -0.1) is 5.10 Å². The van der Waals surface area contributed by atoms with Gasteiger partial charge in [-0.1, -0.05) is 53.7 Å². The zero-order chi connectivity index (χ0) is 19.4. The van der Waals surface area contributed by atoms with Gasteiger partial charge in [0.25, 0.3) is 0 Å². The number of anilines is 1. The van der Waals surface area contributed by atoms with E-state index in [1.54, 1.807) is 36.4 Å². The van der Waals surface area contributed by atoms with Crippen molar-refractivity contribution in [2.45, 2.75) is 18.6 Å². The molecule has 1 atom stereocenters. The largest absolute Gasteiger partial charge is 0.377 e. The van der Waals surface area contributed by atoms with Crippen LogP contribution in [0.4, 0.5) is 5.69 Å². The van der Waals surface area contributed by atoms with E-state index in [-0.39, 0.29) is 23.4 Å². The summed E-state index contributed by atoms with van der Waals surface area (Å²) in [5, 5.41) is 7.96. The van der Waals surface area contributed by atoms with Gasteiger partial charge in [0.15, 0.2) is 5.17 Å². The van der Waals surface area contributed by atoms with Crippen LogP contribution < -0.4 is 10.6 Å². The Morgan fingerprint density at radius 1 is 1.22 bits per heavy atom. The second kappa shape index (κ2) is 8.37. The van der Waals surface area contributed by atoms with Crippen molar-refractivity contribution in [2.24, 2.45) is 15.9 Å². The van der Waals surface area contributed by atoms with Crippen molar-refractivity contribution in [2.75, 3.05) is 4.90 Å². The topological polar surface area (TPSA) is 88.1 Å². The lowest BCUT2D eigenvalue weighted by molar-refractivity contribution is -0.121. The Morgan fingerprint density at radius 2 is 1.93 bits per heavy atom. The Balaban J connectivity index is 1.67. The molecule has 1 saturated heterocycles. The first kappa shape index (κ1) is 19.1. The monoisotopic (exact) mass is 400 g/mol. The molecule has 1 aliphatic heterocycles. The summed E-state index contributed by atoms with van der Waals surface area (Å²) >= 11 is 6.87. The second-order valence-electron chi connectivity index (χ2n) is 5.90. The number of thioether (sulfide) groups is 1. The highest BCUT2D eigenvalue weighted by Crippen LogP contribution is 2.31. The van der Waals surface area contributed by atoms with Crippen molar-refractivity contribution in [1.29, 1.82) is 0 Å². The van der Waals surface area contributed by atoms with Crippen LogP contribution in [0.2, 0.25) is 5.02 Å². The molecule has 0 radical (unpaired) electrons. The van der Waals surface area contributed by atoms with Crippen LogP contribution in [0.15, 0.2) is 58.7 Å². The molecule has 8 heteroatoms. The van der Waals surface area contributed by atoms with E-state index in [4.69, 9.17) is 17.3 Å². The van der Waals surface area contributed by atoms with E-state index in [0.29, 0.717) is 10.7 Å². The predicted molar refractivity (Wildman–Crippen MR) is 110 cm³/mol. The average Bonchev–Trinajstić information content (AvgIpc) is 2.91. The Hall–Kier alpha value is -2.64. The number of amides is 2. The summed E-state index contributed by atoms with van der Waals surface area (Å²) in [6.45, 7) is 1.86. The standard InChI is InChI=1S/C19H17ClN4O2S/c1-12-4-2-3-5-15(12)24-17(25)10-16(18(24)26)27-19(21)23-22-11-13-6-8-14(20)9-7-13/h2-9,11,16H,10H2,1H3,(H2,21,23)/t16-/m1/s1. The highest BCUT2D eigenvalue weighted by atomic mass is 35.5. The summed E-state index contributed by atoms with van der Waals surface area (Å²) in [6.07, 6.45) is 1.61. The van der Waals surface area contributed by atoms with Gasteiger partial charge >= 0.3 is 0 Å². The third-order valence-corrected chi connectivity index (χ3v) is 5.19. The van der Waals surface area contributed by atoms with Crippen LogP contribution in [0.25, 0.3) is 0 Å². The molecule has 0 bridgehead atoms. The van der Waals surface area contributed by atoms with Gasteiger partial charge in [-0.3, -0.25) is 9.59 Å². The van der Waals surface area contributed by atoms with E-state index >= 15 is 0 Å². The minimum atomic E-state index is -0.605. The maximum absolute atomic E-state index is 12.7. The Kier molecular flexibility index (Phi) is 5.93. The summed E-state index contributed by atoms with van der Waals surface area (Å²) in [4.78, 5) is 26.2. The maximum Gasteiger partial charge on any atom is 0.247 e. The number of rotatable bonds is 4. The number of para-hydroxylation sites is 1. The van der Waals surface area contributed by atoms with Gasteiger partial charge in [0.1, 0.15) is 5.25 Å². The van der Waals surface area contributed by atoms with Crippen LogP contribution in [0.1, 0.15) is 17.5 Å². The van der Waals surface area contributed by atoms with Crippen LogP contribution in [-0.4, -0.2) is 28.4 Å². The maximum atomic E-state index is 12.7. The van der Waals surface area contributed by atoms with Crippen molar-refractivity contribution in [3.05, 3.63) is 64.7 Å². The number of nitrogens with two attached hydrogens (primary N) is 1. The molecule has 3 rings (SSSR count). The number of amidine groups is 1. The van der Waals surface area contributed by atoms with E-state index < -0.39 is 5.25 Å². The average molecular weight is 401 g/mol. The van der Waals surface area contributed by atoms with E-state index in [1.165, 1.54) is 11.1 Å². The molecule has 27 heavy (non-hydrogen) atoms. The third-order valence-electron chi connectivity index (χ3n) is 3.96. The highest BCUT2D eigenvalue weighted by molar-refractivity contribution is 8.14. The van der Waals surface area contributed by atoms with Gasteiger partial charge in [0.05, 0.1) is 11.9 Å². The minimum Gasteiger partial charge on any atom is -0.377 e. The van der Waals surface area contributed by atoms with Gasteiger partial charge in [-0.05, 0) is 36.2 Å². The molecule has 0 aromatic heterocycles. The van der Waals surface area contributed by atoms with E-state index in [9.17, 15) is 9.59 Å². The number of carbonyl (C=O) groups is 2. The van der Waals surface area contributed by atoms with Gasteiger partial charge in [0, 0.05) is 11.4 Å². The number of carbonyl (C=O) groups excluding carboxylic acids is 2. The lowest BCUT2D eigenvalue weighted by atomic mass is 10.2. The van der Waals surface area contributed by atoms with Gasteiger partial charge < -0.3 is 5.73 Å². The number of aryl methyl sites for hydroxylation is 1. The fraction of sp³-hybridized carbons (Fsp3) is 0.158. The molecule has 0 spiro atoms. The van der Waals surface area contributed by atoms with Crippen molar-refractivity contribution in [3.8, 4) is 0 Å². The predicted octanol–water partition coefficient (Wildman–Crippen LogP) is 3.36. The number of benzene rings is 2. The molecule has 138 valence electrons. The highest BCUT2D eigenvalue weighted by Gasteiger charge is 2.41. The Labute approximate surface area is 166 Å². The van der Waals surface area contributed by atoms with Crippen LogP contribution in [0.5, 0.6) is 0 Å². The first-order valence-corrected chi connectivity index (χ1v) is 9.42. The summed E-state index contributed by atoms with van der Waals surface area (Å²) in [5.74, 6) is -0.539. The van der Waals surface area contributed by atoms with Crippen LogP contribution in [-0.2, 0) is 9.59 Å². The molecule has 2 aromatic rings. The van der Waals surface area contributed by atoms with Gasteiger partial charge in [-0.25, -0.2) is 4.90 Å². The molecular formula is C19H17ClN4O2S. The molecule has 6 nitrogen and oxygen atoms in total. The van der Waals surface area contributed by atoms with E-state index in [1.807, 2.05) is 19.1 Å². The smallest absolute Gasteiger partial charge is 0.247 e. The van der Waals surface area contributed by atoms with Crippen molar-refractivity contribution < 1.29 is 9.59 Å². The summed E-state index contributed by atoms with van der Waals surface area (Å²) in [5.41, 5.74) is 8.14. The van der Waals surface area contributed by atoms with Crippen LogP contribution in [0.3, 0.4) is 0 Å².